The number of halogens is 1. The zero-order chi connectivity index (χ0) is 20.5. The molecule has 29 heavy (non-hydrogen) atoms. The lowest BCUT2D eigenvalue weighted by atomic mass is 10.2. The van der Waals surface area contributed by atoms with E-state index in [0.717, 1.165) is 4.57 Å². The van der Waals surface area contributed by atoms with E-state index in [4.69, 9.17) is 16.3 Å². The Kier molecular flexibility index (Phi) is 4.73. The number of H-pyrrole nitrogens is 1. The van der Waals surface area contributed by atoms with E-state index in [9.17, 15) is 19.2 Å². The first-order valence-corrected chi connectivity index (χ1v) is 8.85. The van der Waals surface area contributed by atoms with Crippen molar-refractivity contribution in [3.63, 3.8) is 0 Å². The fraction of sp³-hybridized carbons (Fsp3) is 0.105. The summed E-state index contributed by atoms with van der Waals surface area (Å²) in [4.78, 5) is 54.8. The quantitative estimate of drug-likeness (QED) is 0.502. The van der Waals surface area contributed by atoms with E-state index in [0.29, 0.717) is 16.2 Å². The van der Waals surface area contributed by atoms with Crippen LogP contribution in [0.3, 0.4) is 0 Å². The minimum absolute atomic E-state index is 0.247. The van der Waals surface area contributed by atoms with Crippen molar-refractivity contribution in [2.75, 3.05) is 0 Å². The smallest absolute Gasteiger partial charge is 0.329 e. The number of hydrogen-bond donors (Lipinski definition) is 1. The number of aromatic nitrogens is 4. The molecule has 1 N–H and O–H groups in total. The van der Waals surface area contributed by atoms with Gasteiger partial charge in [-0.1, -0.05) is 23.7 Å². The van der Waals surface area contributed by atoms with Crippen LogP contribution in [0.15, 0.2) is 63.0 Å². The van der Waals surface area contributed by atoms with Gasteiger partial charge in [-0.15, -0.1) is 0 Å². The van der Waals surface area contributed by atoms with Crippen LogP contribution in [0, 0.1) is 0 Å². The monoisotopic (exact) mass is 412 g/mol. The van der Waals surface area contributed by atoms with Crippen molar-refractivity contribution in [3.05, 3.63) is 90.6 Å². The van der Waals surface area contributed by atoms with Gasteiger partial charge >= 0.3 is 11.7 Å². The van der Waals surface area contributed by atoms with Gasteiger partial charge in [-0.25, -0.2) is 9.78 Å². The molecule has 3 heterocycles. The van der Waals surface area contributed by atoms with Crippen LogP contribution in [0.4, 0.5) is 0 Å². The Hall–Kier alpha value is -3.72. The van der Waals surface area contributed by atoms with Crippen LogP contribution >= 0.6 is 11.6 Å². The molecule has 146 valence electrons. The number of esters is 1. The van der Waals surface area contributed by atoms with Crippen molar-refractivity contribution in [2.24, 2.45) is 0 Å². The predicted molar refractivity (Wildman–Crippen MR) is 105 cm³/mol. The first-order chi connectivity index (χ1) is 13.9. The minimum atomic E-state index is -0.720. The summed E-state index contributed by atoms with van der Waals surface area (Å²) >= 11 is 5.87. The number of hydrogen-bond acceptors (Lipinski definition) is 6. The van der Waals surface area contributed by atoms with Crippen LogP contribution in [0.1, 0.15) is 5.69 Å². The van der Waals surface area contributed by atoms with Crippen molar-refractivity contribution in [1.29, 1.82) is 0 Å². The van der Waals surface area contributed by atoms with Gasteiger partial charge in [0.25, 0.3) is 11.1 Å². The summed E-state index contributed by atoms with van der Waals surface area (Å²) in [6.07, 6.45) is 1.44. The second kappa shape index (κ2) is 7.36. The van der Waals surface area contributed by atoms with Crippen LogP contribution in [0.5, 0.6) is 0 Å². The molecule has 0 atom stereocenters. The highest BCUT2D eigenvalue weighted by Crippen LogP contribution is 2.09. The normalized spacial score (nSPS) is 11.1. The zero-order valence-electron chi connectivity index (χ0n) is 14.8. The predicted octanol–water partition coefficient (Wildman–Crippen LogP) is 1.09. The highest BCUT2D eigenvalue weighted by atomic mass is 35.5. The molecule has 1 aromatic carbocycles. The molecular formula is C19H13ClN4O5. The molecule has 10 heteroatoms. The molecule has 0 spiro atoms. The number of benzene rings is 1. The summed E-state index contributed by atoms with van der Waals surface area (Å²) in [5, 5.41) is 0.668. The van der Waals surface area contributed by atoms with Gasteiger partial charge in [0.2, 0.25) is 0 Å². The number of aromatic amines is 1. The largest absolute Gasteiger partial charge is 0.458 e. The molecule has 0 aliphatic heterocycles. The third-order valence-corrected chi connectivity index (χ3v) is 4.47. The van der Waals surface area contributed by atoms with Gasteiger partial charge in [0.05, 0.1) is 21.6 Å². The van der Waals surface area contributed by atoms with Crippen LogP contribution in [-0.4, -0.2) is 24.9 Å². The Balaban J connectivity index is 1.56. The number of ether oxygens (including phenoxy) is 1. The summed E-state index contributed by atoms with van der Waals surface area (Å²) in [6.45, 7) is -0.651. The number of rotatable bonds is 4. The molecule has 0 saturated heterocycles. The van der Waals surface area contributed by atoms with E-state index >= 15 is 0 Å². The standard InChI is InChI=1S/C19H13ClN4O5/c20-11-5-6-15-21-12(7-16(25)24(15)8-11)10-29-17(26)9-23-14-4-2-1-3-13(14)18(27)22-19(23)28/h1-8H,9-10H2,(H,22,27,28). The van der Waals surface area contributed by atoms with Crippen molar-refractivity contribution in [2.45, 2.75) is 13.2 Å². The van der Waals surface area contributed by atoms with Crippen molar-refractivity contribution in [3.8, 4) is 0 Å². The third-order valence-electron chi connectivity index (χ3n) is 4.25. The molecule has 3 aromatic heterocycles. The molecule has 4 rings (SSSR count). The molecule has 0 aliphatic carbocycles. The van der Waals surface area contributed by atoms with E-state index in [1.54, 1.807) is 36.4 Å². The molecule has 9 nitrogen and oxygen atoms in total. The second-order valence-corrected chi connectivity index (χ2v) is 6.62. The summed E-state index contributed by atoms with van der Waals surface area (Å²) in [7, 11) is 0. The van der Waals surface area contributed by atoms with Crippen LogP contribution in [0.25, 0.3) is 16.6 Å². The zero-order valence-corrected chi connectivity index (χ0v) is 15.5. The Labute approximate surface area is 166 Å². The van der Waals surface area contributed by atoms with E-state index < -0.39 is 23.8 Å². The molecule has 0 radical (unpaired) electrons. The van der Waals surface area contributed by atoms with Gasteiger partial charge in [0.1, 0.15) is 18.8 Å². The Bertz CT molecular complexity index is 1440. The molecule has 0 bridgehead atoms. The average Bonchev–Trinajstić information content (AvgIpc) is 2.70. The van der Waals surface area contributed by atoms with E-state index in [1.165, 1.54) is 16.7 Å². The van der Waals surface area contributed by atoms with Crippen LogP contribution < -0.4 is 16.8 Å². The fourth-order valence-electron chi connectivity index (χ4n) is 2.93. The summed E-state index contributed by atoms with van der Waals surface area (Å²) < 4.78 is 7.56. The SMILES string of the molecule is O=C(Cn1c(=O)[nH]c(=O)c2ccccc21)OCc1cc(=O)n2cc(Cl)ccc2n1. The van der Waals surface area contributed by atoms with Gasteiger partial charge < -0.3 is 4.74 Å². The van der Waals surface area contributed by atoms with Gasteiger partial charge in [0.15, 0.2) is 0 Å². The van der Waals surface area contributed by atoms with Gasteiger partial charge in [-0.3, -0.25) is 28.3 Å². The maximum absolute atomic E-state index is 12.3. The lowest BCUT2D eigenvalue weighted by Gasteiger charge is -2.10. The average molecular weight is 413 g/mol. The molecule has 0 aliphatic rings. The highest BCUT2D eigenvalue weighted by Gasteiger charge is 2.12. The van der Waals surface area contributed by atoms with E-state index in [2.05, 4.69) is 9.97 Å². The Morgan fingerprint density at radius 3 is 2.76 bits per heavy atom. The maximum atomic E-state index is 12.3. The molecule has 0 unspecified atom stereocenters. The number of nitrogens with zero attached hydrogens (tertiary/aromatic N) is 3. The molecule has 4 aromatic rings. The molecule has 0 amide bonds. The number of fused-ring (bicyclic) bond motifs is 2. The number of carbonyl (C=O) groups excluding carboxylic acids is 1. The third kappa shape index (κ3) is 3.67. The van der Waals surface area contributed by atoms with Gasteiger partial charge in [0, 0.05) is 12.3 Å². The van der Waals surface area contributed by atoms with Gasteiger partial charge in [-0.2, -0.15) is 0 Å². The van der Waals surface area contributed by atoms with E-state index in [-0.39, 0.29) is 23.2 Å². The fourth-order valence-corrected chi connectivity index (χ4v) is 3.09. The Morgan fingerprint density at radius 2 is 1.93 bits per heavy atom. The lowest BCUT2D eigenvalue weighted by molar-refractivity contribution is -0.145. The minimum Gasteiger partial charge on any atom is -0.458 e. The topological polar surface area (TPSA) is 116 Å². The van der Waals surface area contributed by atoms with Crippen LogP contribution in [0.2, 0.25) is 5.02 Å². The maximum Gasteiger partial charge on any atom is 0.329 e. The van der Waals surface area contributed by atoms with Gasteiger partial charge in [-0.05, 0) is 24.3 Å². The molecule has 0 saturated carbocycles. The molecular weight excluding hydrogens is 400 g/mol. The Morgan fingerprint density at radius 1 is 1.14 bits per heavy atom. The summed E-state index contributed by atoms with van der Waals surface area (Å²) in [5.74, 6) is -0.720. The summed E-state index contributed by atoms with van der Waals surface area (Å²) in [5.41, 5.74) is -0.690. The summed E-state index contributed by atoms with van der Waals surface area (Å²) in [6, 6.07) is 10.8. The van der Waals surface area contributed by atoms with Crippen molar-refractivity contribution >= 4 is 34.1 Å². The van der Waals surface area contributed by atoms with Crippen molar-refractivity contribution in [1.82, 2.24) is 18.9 Å². The highest BCUT2D eigenvalue weighted by molar-refractivity contribution is 6.30. The number of para-hydroxylation sites is 1. The first-order valence-electron chi connectivity index (χ1n) is 8.48. The van der Waals surface area contributed by atoms with Crippen molar-refractivity contribution < 1.29 is 9.53 Å². The van der Waals surface area contributed by atoms with E-state index in [1.807, 2.05) is 0 Å². The number of carbonyl (C=O) groups is 1. The number of pyridine rings is 1. The number of nitrogens with one attached hydrogen (secondary N) is 1. The first kappa shape index (κ1) is 18.6. The lowest BCUT2D eigenvalue weighted by Crippen LogP contribution is -2.32. The van der Waals surface area contributed by atoms with Crippen LogP contribution in [-0.2, 0) is 22.7 Å². The molecule has 0 fully saturated rings. The second-order valence-electron chi connectivity index (χ2n) is 6.18.